The average Bonchev–Trinajstić information content (AvgIpc) is 2.92. The molecule has 0 radical (unpaired) electrons. The van der Waals surface area contributed by atoms with Crippen molar-refractivity contribution in [3.8, 4) is 0 Å². The zero-order valence-electron chi connectivity index (χ0n) is 13.8. The van der Waals surface area contributed by atoms with Crippen LogP contribution in [0.4, 0.5) is 5.69 Å². The van der Waals surface area contributed by atoms with Crippen molar-refractivity contribution in [3.05, 3.63) is 59.0 Å². The molecule has 23 heavy (non-hydrogen) atoms. The number of anilines is 1. The van der Waals surface area contributed by atoms with E-state index in [1.54, 1.807) is 16.8 Å². The molecule has 0 bridgehead atoms. The maximum Gasteiger partial charge on any atom is 0.274 e. The molecule has 0 fully saturated rings. The number of fused-ring (bicyclic) bond motifs is 1. The van der Waals surface area contributed by atoms with Crippen molar-refractivity contribution in [1.82, 2.24) is 14.6 Å². The normalized spacial score (nSPS) is 11.2. The summed E-state index contributed by atoms with van der Waals surface area (Å²) >= 11 is 0. The molecule has 2 aromatic heterocycles. The smallest absolute Gasteiger partial charge is 0.274 e. The highest BCUT2D eigenvalue weighted by atomic mass is 16.1. The van der Waals surface area contributed by atoms with Gasteiger partial charge in [0.15, 0.2) is 5.65 Å². The zero-order chi connectivity index (χ0) is 16.6. The van der Waals surface area contributed by atoms with Gasteiger partial charge in [0.25, 0.3) is 5.91 Å². The van der Waals surface area contributed by atoms with Gasteiger partial charge in [-0.15, -0.1) is 0 Å². The van der Waals surface area contributed by atoms with Crippen LogP contribution < -0.4 is 5.32 Å². The Balaban J connectivity index is 1.97. The van der Waals surface area contributed by atoms with Gasteiger partial charge in [-0.3, -0.25) is 4.79 Å². The van der Waals surface area contributed by atoms with Crippen molar-refractivity contribution in [2.24, 2.45) is 0 Å². The quantitative estimate of drug-likeness (QED) is 0.802. The van der Waals surface area contributed by atoms with E-state index < -0.39 is 0 Å². The molecular weight excluding hydrogens is 288 g/mol. The lowest BCUT2D eigenvalue weighted by atomic mass is 10.1. The zero-order valence-corrected chi connectivity index (χ0v) is 13.8. The molecule has 0 aliphatic carbocycles. The number of rotatable bonds is 3. The molecule has 3 rings (SSSR count). The Bertz CT molecular complexity index is 860. The van der Waals surface area contributed by atoms with Crippen molar-refractivity contribution in [1.29, 1.82) is 0 Å². The number of nitrogens with one attached hydrogen (secondary N) is 1. The van der Waals surface area contributed by atoms with Crippen LogP contribution >= 0.6 is 0 Å². The van der Waals surface area contributed by atoms with E-state index in [-0.39, 0.29) is 11.8 Å². The topological polar surface area (TPSA) is 59.3 Å². The maximum absolute atomic E-state index is 12.6. The number of hydrogen-bond donors (Lipinski definition) is 1. The van der Waals surface area contributed by atoms with Crippen LogP contribution in [0.3, 0.4) is 0 Å². The standard InChI is InChI=1S/C18H20N4O/c1-11(2)16-10-15(21-17-5-6-19-22(16)17)18(23)20-14-8-12(3)7-13(4)9-14/h5-11H,1-4H3,(H,20,23). The van der Waals surface area contributed by atoms with Gasteiger partial charge >= 0.3 is 0 Å². The fraction of sp³-hybridized carbons (Fsp3) is 0.278. The summed E-state index contributed by atoms with van der Waals surface area (Å²) in [5.41, 5.74) is 5.06. The summed E-state index contributed by atoms with van der Waals surface area (Å²) in [6, 6.07) is 9.59. The molecule has 0 saturated heterocycles. The summed E-state index contributed by atoms with van der Waals surface area (Å²) in [4.78, 5) is 17.0. The molecule has 1 aromatic carbocycles. The molecule has 0 aliphatic rings. The van der Waals surface area contributed by atoms with E-state index in [4.69, 9.17) is 0 Å². The first-order chi connectivity index (χ1) is 10.9. The molecule has 1 amide bonds. The fourth-order valence-corrected chi connectivity index (χ4v) is 2.71. The third kappa shape index (κ3) is 3.08. The summed E-state index contributed by atoms with van der Waals surface area (Å²) in [5, 5.41) is 7.20. The molecular formula is C18H20N4O. The van der Waals surface area contributed by atoms with E-state index in [9.17, 15) is 4.79 Å². The van der Waals surface area contributed by atoms with Crippen LogP contribution in [0.2, 0.25) is 0 Å². The highest BCUT2D eigenvalue weighted by Crippen LogP contribution is 2.18. The first kappa shape index (κ1) is 15.2. The molecule has 5 nitrogen and oxygen atoms in total. The predicted octanol–water partition coefficient (Wildman–Crippen LogP) is 3.72. The van der Waals surface area contributed by atoms with Crippen molar-refractivity contribution < 1.29 is 4.79 Å². The molecule has 0 aliphatic heterocycles. The van der Waals surface area contributed by atoms with E-state index in [0.29, 0.717) is 11.3 Å². The number of carbonyl (C=O) groups excluding carboxylic acids is 1. The largest absolute Gasteiger partial charge is 0.321 e. The number of amides is 1. The van der Waals surface area contributed by atoms with Gasteiger partial charge in [0, 0.05) is 17.4 Å². The van der Waals surface area contributed by atoms with Gasteiger partial charge in [0.1, 0.15) is 5.69 Å². The van der Waals surface area contributed by atoms with Gasteiger partial charge < -0.3 is 5.32 Å². The van der Waals surface area contributed by atoms with Gasteiger partial charge in [0.2, 0.25) is 0 Å². The minimum atomic E-state index is -0.208. The third-order valence-corrected chi connectivity index (χ3v) is 3.69. The van der Waals surface area contributed by atoms with Crippen molar-refractivity contribution >= 4 is 17.2 Å². The van der Waals surface area contributed by atoms with Crippen LogP contribution in [0.5, 0.6) is 0 Å². The molecule has 1 N–H and O–H groups in total. The maximum atomic E-state index is 12.6. The van der Waals surface area contributed by atoms with E-state index >= 15 is 0 Å². The first-order valence-corrected chi connectivity index (χ1v) is 7.68. The SMILES string of the molecule is Cc1cc(C)cc(NC(=O)c2cc(C(C)C)n3nccc3n2)c1. The lowest BCUT2D eigenvalue weighted by Gasteiger charge is -2.11. The molecule has 0 atom stereocenters. The summed E-state index contributed by atoms with van der Waals surface area (Å²) in [5.74, 6) is 0.0359. The van der Waals surface area contributed by atoms with E-state index in [2.05, 4.69) is 35.3 Å². The Labute approximate surface area is 135 Å². The van der Waals surface area contributed by atoms with Crippen molar-refractivity contribution in [2.45, 2.75) is 33.6 Å². The summed E-state index contributed by atoms with van der Waals surface area (Å²) in [6.45, 7) is 8.16. The van der Waals surface area contributed by atoms with Gasteiger partial charge in [-0.2, -0.15) is 5.10 Å². The number of aryl methyl sites for hydroxylation is 2. The number of nitrogens with zero attached hydrogens (tertiary/aromatic N) is 3. The van der Waals surface area contributed by atoms with Crippen LogP contribution in [0.1, 0.15) is 47.1 Å². The first-order valence-electron chi connectivity index (χ1n) is 7.68. The Kier molecular flexibility index (Phi) is 3.86. The van der Waals surface area contributed by atoms with Crippen LogP contribution in [0.15, 0.2) is 36.5 Å². The summed E-state index contributed by atoms with van der Waals surface area (Å²) < 4.78 is 1.78. The van der Waals surface area contributed by atoms with Crippen molar-refractivity contribution in [3.63, 3.8) is 0 Å². The second kappa shape index (κ2) is 5.83. The highest BCUT2D eigenvalue weighted by molar-refractivity contribution is 6.03. The summed E-state index contributed by atoms with van der Waals surface area (Å²) in [7, 11) is 0. The molecule has 118 valence electrons. The van der Waals surface area contributed by atoms with Crippen LogP contribution in [-0.4, -0.2) is 20.5 Å². The predicted molar refractivity (Wildman–Crippen MR) is 90.9 cm³/mol. The van der Waals surface area contributed by atoms with Crippen LogP contribution in [0, 0.1) is 13.8 Å². The Morgan fingerprint density at radius 1 is 1.13 bits per heavy atom. The fourth-order valence-electron chi connectivity index (χ4n) is 2.71. The van der Waals surface area contributed by atoms with E-state index in [0.717, 1.165) is 22.5 Å². The van der Waals surface area contributed by atoms with Crippen LogP contribution in [0.25, 0.3) is 5.65 Å². The molecule has 3 aromatic rings. The second-order valence-electron chi connectivity index (χ2n) is 6.15. The number of aromatic nitrogens is 3. The molecule has 2 heterocycles. The van der Waals surface area contributed by atoms with Crippen molar-refractivity contribution in [2.75, 3.05) is 5.32 Å². The van der Waals surface area contributed by atoms with E-state index in [1.807, 2.05) is 32.0 Å². The van der Waals surface area contributed by atoms with Gasteiger partial charge in [-0.05, 0) is 49.1 Å². The minimum Gasteiger partial charge on any atom is -0.321 e. The Morgan fingerprint density at radius 2 is 1.83 bits per heavy atom. The monoisotopic (exact) mass is 308 g/mol. The summed E-state index contributed by atoms with van der Waals surface area (Å²) in [6.07, 6.45) is 1.69. The molecule has 0 saturated carbocycles. The lowest BCUT2D eigenvalue weighted by Crippen LogP contribution is -2.16. The Hall–Kier alpha value is -2.69. The number of hydrogen-bond acceptors (Lipinski definition) is 3. The number of carbonyl (C=O) groups is 1. The van der Waals surface area contributed by atoms with Gasteiger partial charge in [0.05, 0.1) is 6.20 Å². The minimum absolute atomic E-state index is 0.208. The van der Waals surface area contributed by atoms with E-state index in [1.165, 1.54) is 0 Å². The molecule has 0 unspecified atom stereocenters. The van der Waals surface area contributed by atoms with Crippen LogP contribution in [-0.2, 0) is 0 Å². The average molecular weight is 308 g/mol. The lowest BCUT2D eigenvalue weighted by molar-refractivity contribution is 0.102. The van der Waals surface area contributed by atoms with Gasteiger partial charge in [-0.25, -0.2) is 9.50 Å². The molecule has 5 heteroatoms. The Morgan fingerprint density at radius 3 is 2.48 bits per heavy atom. The van der Waals surface area contributed by atoms with Gasteiger partial charge in [-0.1, -0.05) is 19.9 Å². The second-order valence-corrected chi connectivity index (χ2v) is 6.15. The third-order valence-electron chi connectivity index (χ3n) is 3.69. The highest BCUT2D eigenvalue weighted by Gasteiger charge is 2.15. The number of benzene rings is 1. The molecule has 0 spiro atoms.